The molecule has 1 atom stereocenters. The highest BCUT2D eigenvalue weighted by Crippen LogP contribution is 2.25. The molecule has 1 aromatic carbocycles. The van der Waals surface area contributed by atoms with Crippen LogP contribution in [0.4, 0.5) is 4.39 Å². The molecule has 1 saturated heterocycles. The molecular formula is C20H29FN2O. The van der Waals surface area contributed by atoms with E-state index in [1.807, 2.05) is 12.1 Å². The Morgan fingerprint density at radius 3 is 2.62 bits per heavy atom. The second-order valence-electron chi connectivity index (χ2n) is 7.50. The first-order valence-corrected chi connectivity index (χ1v) is 9.38. The molecule has 0 bridgehead atoms. The number of piperidine rings is 1. The van der Waals surface area contributed by atoms with Crippen molar-refractivity contribution in [2.45, 2.75) is 64.0 Å². The van der Waals surface area contributed by atoms with Gasteiger partial charge in [-0.25, -0.2) is 4.39 Å². The molecule has 1 amide bonds. The zero-order chi connectivity index (χ0) is 16.9. The summed E-state index contributed by atoms with van der Waals surface area (Å²) in [5.74, 6) is 0.792. The molecule has 1 N–H and O–H groups in total. The number of hydrogen-bond donors (Lipinski definition) is 1. The Labute approximate surface area is 144 Å². The van der Waals surface area contributed by atoms with Gasteiger partial charge in [0.25, 0.3) is 0 Å². The molecule has 132 valence electrons. The van der Waals surface area contributed by atoms with Crippen LogP contribution in [0.3, 0.4) is 0 Å². The Hall–Kier alpha value is -1.42. The van der Waals surface area contributed by atoms with Crippen molar-refractivity contribution in [1.29, 1.82) is 0 Å². The average molecular weight is 332 g/mol. The summed E-state index contributed by atoms with van der Waals surface area (Å²) in [5.41, 5.74) is 0.809. The first-order valence-electron chi connectivity index (χ1n) is 9.38. The maximum Gasteiger partial charge on any atom is 0.220 e. The third kappa shape index (κ3) is 5.04. The number of hydrogen-bond acceptors (Lipinski definition) is 2. The summed E-state index contributed by atoms with van der Waals surface area (Å²) in [5, 5.41) is 3.07. The Morgan fingerprint density at radius 2 is 1.96 bits per heavy atom. The van der Waals surface area contributed by atoms with Gasteiger partial charge in [-0.05, 0) is 76.1 Å². The topological polar surface area (TPSA) is 32.3 Å². The maximum atomic E-state index is 13.8. The highest BCUT2D eigenvalue weighted by molar-refractivity contribution is 5.76. The van der Waals surface area contributed by atoms with Crippen LogP contribution in [0.1, 0.15) is 51.0 Å². The van der Waals surface area contributed by atoms with Crippen LogP contribution in [-0.2, 0) is 11.2 Å². The number of carbonyl (C=O) groups is 1. The van der Waals surface area contributed by atoms with E-state index in [4.69, 9.17) is 0 Å². The third-order valence-corrected chi connectivity index (χ3v) is 5.47. The molecule has 1 heterocycles. The molecular weight excluding hydrogens is 303 g/mol. The van der Waals surface area contributed by atoms with Crippen molar-refractivity contribution >= 4 is 5.91 Å². The van der Waals surface area contributed by atoms with Gasteiger partial charge in [-0.2, -0.15) is 0 Å². The Balaban J connectivity index is 1.38. The lowest BCUT2D eigenvalue weighted by Crippen LogP contribution is -2.41. The summed E-state index contributed by atoms with van der Waals surface area (Å²) >= 11 is 0. The quantitative estimate of drug-likeness (QED) is 0.828. The van der Waals surface area contributed by atoms with Crippen LogP contribution in [0.5, 0.6) is 0 Å². The summed E-state index contributed by atoms with van der Waals surface area (Å²) < 4.78 is 13.8. The zero-order valence-corrected chi connectivity index (χ0v) is 14.6. The molecule has 3 nitrogen and oxygen atoms in total. The molecule has 1 aliphatic carbocycles. The number of likely N-dealkylation sites (tertiary alicyclic amines) is 1. The standard InChI is InChI=1S/C20H29FN2O/c1-15(14-17-4-2-3-5-19(17)21)23-12-10-16(11-13-23)6-9-20(24)22-18-7-8-18/h2-5,15-16,18H,6-14H2,1H3,(H,22,24)/t15-/m0/s1. The molecule has 1 saturated carbocycles. The number of amides is 1. The number of nitrogens with zero attached hydrogens (tertiary/aromatic N) is 1. The predicted octanol–water partition coefficient (Wildman–Crippen LogP) is 3.53. The minimum absolute atomic E-state index is 0.0964. The van der Waals surface area contributed by atoms with Gasteiger partial charge in [0, 0.05) is 18.5 Å². The van der Waals surface area contributed by atoms with Crippen LogP contribution >= 0.6 is 0 Å². The Bertz CT molecular complexity index is 550. The van der Waals surface area contributed by atoms with Crippen molar-refractivity contribution in [1.82, 2.24) is 10.2 Å². The van der Waals surface area contributed by atoms with Gasteiger partial charge < -0.3 is 10.2 Å². The monoisotopic (exact) mass is 332 g/mol. The SMILES string of the molecule is C[C@@H](Cc1ccccc1F)N1CCC(CCC(=O)NC2CC2)CC1. The molecule has 0 unspecified atom stereocenters. The van der Waals surface area contributed by atoms with Crippen LogP contribution in [0.15, 0.2) is 24.3 Å². The summed E-state index contributed by atoms with van der Waals surface area (Å²) in [6.07, 6.45) is 7.06. The van der Waals surface area contributed by atoms with E-state index in [2.05, 4.69) is 17.1 Å². The zero-order valence-electron chi connectivity index (χ0n) is 14.6. The van der Waals surface area contributed by atoms with Crippen LogP contribution in [0.2, 0.25) is 0 Å². The summed E-state index contributed by atoms with van der Waals surface area (Å²) in [4.78, 5) is 14.3. The predicted molar refractivity (Wildman–Crippen MR) is 94.3 cm³/mol. The molecule has 1 aliphatic heterocycles. The second kappa shape index (κ2) is 8.11. The van der Waals surface area contributed by atoms with E-state index in [9.17, 15) is 9.18 Å². The number of benzene rings is 1. The molecule has 2 fully saturated rings. The minimum Gasteiger partial charge on any atom is -0.353 e. The smallest absolute Gasteiger partial charge is 0.220 e. The molecule has 0 radical (unpaired) electrons. The van der Waals surface area contributed by atoms with E-state index in [0.717, 1.165) is 57.2 Å². The first kappa shape index (κ1) is 17.4. The van der Waals surface area contributed by atoms with Gasteiger partial charge in [0.05, 0.1) is 0 Å². The fraction of sp³-hybridized carbons (Fsp3) is 0.650. The van der Waals surface area contributed by atoms with E-state index >= 15 is 0 Å². The van der Waals surface area contributed by atoms with Crippen molar-refractivity contribution in [3.63, 3.8) is 0 Å². The van der Waals surface area contributed by atoms with Gasteiger partial charge in [0.1, 0.15) is 5.82 Å². The van der Waals surface area contributed by atoms with Gasteiger partial charge in [-0.15, -0.1) is 0 Å². The lowest BCUT2D eigenvalue weighted by molar-refractivity contribution is -0.121. The van der Waals surface area contributed by atoms with E-state index in [0.29, 0.717) is 24.4 Å². The molecule has 1 aromatic rings. The van der Waals surface area contributed by atoms with E-state index in [1.54, 1.807) is 12.1 Å². The molecule has 24 heavy (non-hydrogen) atoms. The summed E-state index contributed by atoms with van der Waals surface area (Å²) in [6, 6.07) is 7.91. The number of halogens is 1. The number of rotatable bonds is 7. The number of nitrogens with one attached hydrogen (secondary N) is 1. The highest BCUT2D eigenvalue weighted by atomic mass is 19.1. The highest BCUT2D eigenvalue weighted by Gasteiger charge is 2.26. The van der Waals surface area contributed by atoms with Crippen LogP contribution in [0.25, 0.3) is 0 Å². The molecule has 0 spiro atoms. The minimum atomic E-state index is -0.0964. The van der Waals surface area contributed by atoms with Gasteiger partial charge in [0.2, 0.25) is 5.91 Å². The Morgan fingerprint density at radius 1 is 1.25 bits per heavy atom. The van der Waals surface area contributed by atoms with Gasteiger partial charge in [0.15, 0.2) is 0 Å². The fourth-order valence-electron chi connectivity index (χ4n) is 3.66. The normalized spacial score (nSPS) is 20.8. The second-order valence-corrected chi connectivity index (χ2v) is 7.50. The molecule has 3 rings (SSSR count). The van der Waals surface area contributed by atoms with Gasteiger partial charge in [-0.1, -0.05) is 18.2 Å². The van der Waals surface area contributed by atoms with E-state index < -0.39 is 0 Å². The number of carbonyl (C=O) groups excluding carboxylic acids is 1. The van der Waals surface area contributed by atoms with E-state index in [-0.39, 0.29) is 11.7 Å². The fourth-order valence-corrected chi connectivity index (χ4v) is 3.66. The largest absolute Gasteiger partial charge is 0.353 e. The van der Waals surface area contributed by atoms with Crippen LogP contribution in [-0.4, -0.2) is 36.0 Å². The Kier molecular flexibility index (Phi) is 5.88. The van der Waals surface area contributed by atoms with Crippen molar-refractivity contribution in [2.24, 2.45) is 5.92 Å². The van der Waals surface area contributed by atoms with E-state index in [1.165, 1.54) is 0 Å². The lowest BCUT2D eigenvalue weighted by atomic mass is 9.90. The first-order chi connectivity index (χ1) is 11.6. The van der Waals surface area contributed by atoms with Gasteiger partial charge in [-0.3, -0.25) is 4.79 Å². The molecule has 0 aromatic heterocycles. The summed E-state index contributed by atoms with van der Waals surface area (Å²) in [7, 11) is 0. The van der Waals surface area contributed by atoms with Crippen molar-refractivity contribution in [3.8, 4) is 0 Å². The van der Waals surface area contributed by atoms with Crippen LogP contribution in [0, 0.1) is 11.7 Å². The summed E-state index contributed by atoms with van der Waals surface area (Å²) in [6.45, 7) is 4.31. The van der Waals surface area contributed by atoms with Crippen molar-refractivity contribution in [2.75, 3.05) is 13.1 Å². The molecule has 2 aliphatic rings. The van der Waals surface area contributed by atoms with Crippen molar-refractivity contribution < 1.29 is 9.18 Å². The molecule has 4 heteroatoms. The van der Waals surface area contributed by atoms with Crippen LogP contribution < -0.4 is 5.32 Å². The van der Waals surface area contributed by atoms with Gasteiger partial charge >= 0.3 is 0 Å². The maximum absolute atomic E-state index is 13.8. The average Bonchev–Trinajstić information content (AvgIpc) is 3.39. The lowest BCUT2D eigenvalue weighted by Gasteiger charge is -2.36. The van der Waals surface area contributed by atoms with Crippen molar-refractivity contribution in [3.05, 3.63) is 35.6 Å². The third-order valence-electron chi connectivity index (χ3n) is 5.47.